The van der Waals surface area contributed by atoms with Gasteiger partial charge in [-0.05, 0) is 43.7 Å². The topological polar surface area (TPSA) is 54.4 Å². The molecule has 0 spiro atoms. The number of rotatable bonds is 4. The molecule has 4 heteroatoms. The van der Waals surface area contributed by atoms with Gasteiger partial charge in [-0.2, -0.15) is 0 Å². The Bertz CT molecular complexity index is 458. The van der Waals surface area contributed by atoms with Crippen LogP contribution in [-0.4, -0.2) is 21.6 Å². The fraction of sp³-hybridized carbons (Fsp3) is 0.429. The minimum absolute atomic E-state index is 0.145. The quantitative estimate of drug-likeness (QED) is 0.672. The Labute approximate surface area is 112 Å². The molecule has 98 valence electrons. The van der Waals surface area contributed by atoms with Crippen LogP contribution in [-0.2, 0) is 9.59 Å². The summed E-state index contributed by atoms with van der Waals surface area (Å²) in [5, 5.41) is 9.45. The van der Waals surface area contributed by atoms with Crippen LogP contribution in [0.15, 0.2) is 23.1 Å². The number of benzene rings is 1. The lowest BCUT2D eigenvalue weighted by atomic mass is 10.0. The highest BCUT2D eigenvalue weighted by atomic mass is 32.2. The molecule has 1 aromatic carbocycles. The van der Waals surface area contributed by atoms with E-state index in [9.17, 15) is 14.7 Å². The number of aliphatic hydroxyl groups is 1. The van der Waals surface area contributed by atoms with Gasteiger partial charge in [-0.1, -0.05) is 25.1 Å². The Kier molecular flexibility index (Phi) is 4.71. The lowest BCUT2D eigenvalue weighted by molar-refractivity contribution is -0.143. The van der Waals surface area contributed by atoms with Crippen molar-refractivity contribution in [1.29, 1.82) is 0 Å². The van der Waals surface area contributed by atoms with E-state index in [1.165, 1.54) is 6.92 Å². The van der Waals surface area contributed by atoms with Crippen molar-refractivity contribution in [2.24, 2.45) is 0 Å². The van der Waals surface area contributed by atoms with Crippen molar-refractivity contribution in [3.63, 3.8) is 0 Å². The van der Waals surface area contributed by atoms with Gasteiger partial charge in [-0.15, -0.1) is 0 Å². The Morgan fingerprint density at radius 2 is 1.78 bits per heavy atom. The molecule has 18 heavy (non-hydrogen) atoms. The summed E-state index contributed by atoms with van der Waals surface area (Å²) in [4.78, 5) is 24.4. The highest BCUT2D eigenvalue weighted by Crippen LogP contribution is 2.30. The monoisotopic (exact) mass is 266 g/mol. The van der Waals surface area contributed by atoms with Crippen LogP contribution in [0.3, 0.4) is 0 Å². The number of thioether (sulfide) groups is 1. The number of aryl methyl sites for hydroxylation is 2. The van der Waals surface area contributed by atoms with Crippen molar-refractivity contribution in [2.75, 3.05) is 0 Å². The van der Waals surface area contributed by atoms with Crippen LogP contribution in [0.4, 0.5) is 0 Å². The summed E-state index contributed by atoms with van der Waals surface area (Å²) in [5.41, 5.74) is 0.0231. The zero-order valence-electron chi connectivity index (χ0n) is 11.1. The highest BCUT2D eigenvalue weighted by molar-refractivity contribution is 8.14. The van der Waals surface area contributed by atoms with Crippen LogP contribution >= 0.6 is 11.8 Å². The minimum atomic E-state index is -1.91. The van der Waals surface area contributed by atoms with E-state index in [0.717, 1.165) is 27.8 Å². The summed E-state index contributed by atoms with van der Waals surface area (Å²) in [7, 11) is 0. The van der Waals surface area contributed by atoms with E-state index in [1.807, 2.05) is 32.0 Å². The van der Waals surface area contributed by atoms with Crippen LogP contribution in [0.2, 0.25) is 0 Å². The maximum Gasteiger partial charge on any atom is 0.232 e. The van der Waals surface area contributed by atoms with Gasteiger partial charge in [0.05, 0.1) is 0 Å². The molecule has 0 radical (unpaired) electrons. The van der Waals surface area contributed by atoms with Gasteiger partial charge in [-0.3, -0.25) is 9.59 Å². The Morgan fingerprint density at radius 3 is 2.22 bits per heavy atom. The Balaban J connectivity index is 2.98. The lowest BCUT2D eigenvalue weighted by Crippen LogP contribution is -2.41. The van der Waals surface area contributed by atoms with E-state index >= 15 is 0 Å². The molecular formula is C14H18O3S. The van der Waals surface area contributed by atoms with E-state index in [2.05, 4.69) is 0 Å². The molecule has 0 aromatic heterocycles. The van der Waals surface area contributed by atoms with Gasteiger partial charge in [0.15, 0.2) is 11.4 Å². The normalized spacial score (nSPS) is 14.1. The molecule has 0 aliphatic heterocycles. The summed E-state index contributed by atoms with van der Waals surface area (Å²) >= 11 is 0.938. The summed E-state index contributed by atoms with van der Waals surface area (Å²) in [6, 6.07) is 5.71. The largest absolute Gasteiger partial charge is 0.374 e. The van der Waals surface area contributed by atoms with Gasteiger partial charge in [-0.25, -0.2) is 0 Å². The van der Waals surface area contributed by atoms with Crippen LogP contribution in [0.5, 0.6) is 0 Å². The van der Waals surface area contributed by atoms with Crippen molar-refractivity contribution in [1.82, 2.24) is 0 Å². The van der Waals surface area contributed by atoms with Crippen molar-refractivity contribution < 1.29 is 14.7 Å². The summed E-state index contributed by atoms with van der Waals surface area (Å²) in [6.07, 6.45) is 0.145. The van der Waals surface area contributed by atoms with Crippen LogP contribution in [0.1, 0.15) is 31.4 Å². The van der Waals surface area contributed by atoms with Crippen LogP contribution in [0.25, 0.3) is 0 Å². The van der Waals surface area contributed by atoms with E-state index in [0.29, 0.717) is 0 Å². The molecule has 0 amide bonds. The van der Waals surface area contributed by atoms with Gasteiger partial charge in [0.2, 0.25) is 5.12 Å². The smallest absolute Gasteiger partial charge is 0.232 e. The molecule has 0 bridgehead atoms. The van der Waals surface area contributed by atoms with Crippen molar-refractivity contribution in [2.45, 2.75) is 44.6 Å². The number of hydrogen-bond acceptors (Lipinski definition) is 4. The molecule has 1 N–H and O–H groups in total. The van der Waals surface area contributed by atoms with Gasteiger partial charge in [0.25, 0.3) is 0 Å². The maximum atomic E-state index is 12.0. The first-order valence-electron chi connectivity index (χ1n) is 5.84. The number of carbonyl (C=O) groups excluding carboxylic acids is 2. The molecule has 0 saturated heterocycles. The summed E-state index contributed by atoms with van der Waals surface area (Å²) in [5.74, 6) is -0.453. The van der Waals surface area contributed by atoms with Crippen molar-refractivity contribution in [3.05, 3.63) is 29.3 Å². The van der Waals surface area contributed by atoms with E-state index < -0.39 is 16.5 Å². The molecule has 0 heterocycles. The van der Waals surface area contributed by atoms with Gasteiger partial charge < -0.3 is 5.11 Å². The molecule has 3 nitrogen and oxygen atoms in total. The average molecular weight is 266 g/mol. The fourth-order valence-electron chi connectivity index (χ4n) is 1.61. The molecule has 0 unspecified atom stereocenters. The number of carbonyl (C=O) groups is 2. The highest BCUT2D eigenvalue weighted by Gasteiger charge is 2.37. The molecule has 1 atom stereocenters. The standard InChI is InChI=1S/C14H18O3S/c1-5-11(15)14(4,17)13(16)18-12-9(2)7-6-8-10(12)3/h6-8,17H,5H2,1-4H3/t14-/m0/s1. The molecule has 0 fully saturated rings. The Hall–Kier alpha value is -1.13. The zero-order chi connectivity index (χ0) is 13.9. The first kappa shape index (κ1) is 14.9. The number of Topliss-reactive ketones (excluding diaryl/α,β-unsaturated/α-hetero) is 1. The van der Waals surface area contributed by atoms with E-state index in [-0.39, 0.29) is 6.42 Å². The molecule has 0 aliphatic carbocycles. The van der Waals surface area contributed by atoms with E-state index in [4.69, 9.17) is 0 Å². The predicted molar refractivity (Wildman–Crippen MR) is 72.7 cm³/mol. The summed E-state index contributed by atoms with van der Waals surface area (Å²) in [6.45, 7) is 6.70. The van der Waals surface area contributed by atoms with Gasteiger partial charge >= 0.3 is 0 Å². The number of hydrogen-bond donors (Lipinski definition) is 1. The van der Waals surface area contributed by atoms with Gasteiger partial charge in [0, 0.05) is 11.3 Å². The van der Waals surface area contributed by atoms with Crippen LogP contribution < -0.4 is 0 Å². The molecule has 0 saturated carbocycles. The third-order valence-electron chi connectivity index (χ3n) is 2.87. The zero-order valence-corrected chi connectivity index (χ0v) is 11.9. The second-order valence-corrected chi connectivity index (χ2v) is 5.44. The summed E-state index contributed by atoms with van der Waals surface area (Å²) < 4.78 is 0. The number of ketones is 1. The van der Waals surface area contributed by atoms with E-state index in [1.54, 1.807) is 6.92 Å². The lowest BCUT2D eigenvalue weighted by Gasteiger charge is -2.19. The second kappa shape index (κ2) is 5.67. The molecule has 0 aliphatic rings. The molecular weight excluding hydrogens is 248 g/mol. The average Bonchev–Trinajstić information content (AvgIpc) is 2.32. The first-order chi connectivity index (χ1) is 8.30. The molecule has 1 rings (SSSR count). The van der Waals surface area contributed by atoms with Gasteiger partial charge in [0.1, 0.15) is 0 Å². The predicted octanol–water partition coefficient (Wildman–Crippen LogP) is 2.65. The minimum Gasteiger partial charge on any atom is -0.374 e. The Morgan fingerprint density at radius 1 is 1.28 bits per heavy atom. The third kappa shape index (κ3) is 3.00. The second-order valence-electron chi connectivity index (χ2n) is 4.46. The first-order valence-corrected chi connectivity index (χ1v) is 6.66. The van der Waals surface area contributed by atoms with Crippen molar-refractivity contribution >= 4 is 22.7 Å². The SMILES string of the molecule is CCC(=O)[C@](C)(O)C(=O)Sc1c(C)cccc1C. The fourth-order valence-corrected chi connectivity index (χ4v) is 2.57. The van der Waals surface area contributed by atoms with Crippen LogP contribution in [0, 0.1) is 13.8 Å². The molecule has 1 aromatic rings. The van der Waals surface area contributed by atoms with Crippen molar-refractivity contribution in [3.8, 4) is 0 Å². The third-order valence-corrected chi connectivity index (χ3v) is 4.30. The maximum absolute atomic E-state index is 12.0.